The molecule has 0 radical (unpaired) electrons. The van der Waals surface area contributed by atoms with Crippen LogP contribution in [-0.2, 0) is 14.3 Å². The summed E-state index contributed by atoms with van der Waals surface area (Å²) >= 11 is 0. The van der Waals surface area contributed by atoms with Crippen molar-refractivity contribution in [1.29, 1.82) is 0 Å². The van der Waals surface area contributed by atoms with Gasteiger partial charge in [-0.15, -0.1) is 0 Å². The number of hydrogen-bond acceptors (Lipinski definition) is 4. The van der Waals surface area contributed by atoms with Crippen molar-refractivity contribution in [3.63, 3.8) is 0 Å². The second kappa shape index (κ2) is 20.1. The van der Waals surface area contributed by atoms with Crippen LogP contribution in [-0.4, -0.2) is 30.4 Å². The lowest BCUT2D eigenvalue weighted by molar-refractivity contribution is -0.145. The third kappa shape index (κ3) is 20.8. The fourth-order valence-corrected chi connectivity index (χ4v) is 3.00. The Hall–Kier alpha value is -1.26. The molecule has 0 heterocycles. The molecule has 1 N–H and O–H groups in total. The molecule has 154 valence electrons. The first-order valence-electron chi connectivity index (χ1n) is 10.7. The number of unbranched alkanes of at least 4 members (excludes halogenated alkanes) is 14. The van der Waals surface area contributed by atoms with Gasteiger partial charge in [0, 0.05) is 6.42 Å². The minimum absolute atomic E-state index is 0.00384. The van der Waals surface area contributed by atoms with Crippen molar-refractivity contribution in [3.05, 3.63) is 0 Å². The monoisotopic (exact) mass is 372 g/mol. The van der Waals surface area contributed by atoms with Crippen LogP contribution in [0.4, 0.5) is 4.79 Å². The van der Waals surface area contributed by atoms with Crippen molar-refractivity contribution in [2.24, 2.45) is 0 Å². The van der Waals surface area contributed by atoms with Crippen molar-refractivity contribution in [1.82, 2.24) is 0 Å². The van der Waals surface area contributed by atoms with Crippen LogP contribution in [0.3, 0.4) is 0 Å². The van der Waals surface area contributed by atoms with Gasteiger partial charge in [-0.25, -0.2) is 4.79 Å². The molecule has 5 heteroatoms. The van der Waals surface area contributed by atoms with Crippen molar-refractivity contribution in [2.45, 2.75) is 110 Å². The molecular weight excluding hydrogens is 332 g/mol. The Labute approximate surface area is 159 Å². The topological polar surface area (TPSA) is 72.8 Å². The Bertz CT molecular complexity index is 330. The summed E-state index contributed by atoms with van der Waals surface area (Å²) in [4.78, 5) is 21.5. The van der Waals surface area contributed by atoms with Gasteiger partial charge >= 0.3 is 12.1 Å². The molecule has 26 heavy (non-hydrogen) atoms. The van der Waals surface area contributed by atoms with Crippen molar-refractivity contribution >= 4 is 12.1 Å². The second-order valence-corrected chi connectivity index (χ2v) is 7.03. The van der Waals surface area contributed by atoms with Gasteiger partial charge in [0.2, 0.25) is 0 Å². The maximum atomic E-state index is 11.4. The van der Waals surface area contributed by atoms with Gasteiger partial charge in [0.1, 0.15) is 13.2 Å². The predicted octanol–water partition coefficient (Wildman–Crippen LogP) is 6.49. The van der Waals surface area contributed by atoms with Crippen LogP contribution >= 0.6 is 0 Å². The van der Waals surface area contributed by atoms with E-state index in [4.69, 9.17) is 9.84 Å². The van der Waals surface area contributed by atoms with E-state index in [1.54, 1.807) is 0 Å². The highest BCUT2D eigenvalue weighted by Gasteiger charge is 2.03. The van der Waals surface area contributed by atoms with Crippen LogP contribution in [0, 0.1) is 0 Å². The Kier molecular flexibility index (Phi) is 19.1. The first-order chi connectivity index (χ1) is 12.7. The van der Waals surface area contributed by atoms with Gasteiger partial charge in [-0.05, 0) is 6.42 Å². The summed E-state index contributed by atoms with van der Waals surface area (Å²) < 4.78 is 9.15. The lowest BCUT2D eigenvalue weighted by Crippen LogP contribution is -2.12. The van der Waals surface area contributed by atoms with E-state index in [0.29, 0.717) is 6.42 Å². The van der Waals surface area contributed by atoms with E-state index in [1.807, 2.05) is 0 Å². The van der Waals surface area contributed by atoms with Crippen LogP contribution < -0.4 is 0 Å². The molecule has 0 saturated heterocycles. The molecule has 0 rings (SSSR count). The zero-order chi connectivity index (χ0) is 19.3. The fraction of sp³-hybridized carbons (Fsp3) is 0.905. The number of ether oxygens (including phenoxy) is 2. The quantitative estimate of drug-likeness (QED) is 0.207. The second-order valence-electron chi connectivity index (χ2n) is 7.03. The van der Waals surface area contributed by atoms with Gasteiger partial charge in [-0.1, -0.05) is 96.8 Å². The maximum absolute atomic E-state index is 11.4. The summed E-state index contributed by atoms with van der Waals surface area (Å²) in [5, 5.41) is 8.27. The highest BCUT2D eigenvalue weighted by molar-refractivity contribution is 5.69. The molecule has 0 spiro atoms. The number of hydrogen-bond donors (Lipinski definition) is 1. The minimum atomic E-state index is -1.34. The molecule has 0 aromatic rings. The van der Waals surface area contributed by atoms with E-state index < -0.39 is 6.16 Å². The maximum Gasteiger partial charge on any atom is 0.505 e. The first kappa shape index (κ1) is 24.7. The molecule has 0 aliphatic rings. The normalized spacial score (nSPS) is 10.7. The van der Waals surface area contributed by atoms with E-state index in [-0.39, 0.29) is 19.2 Å². The first-order valence-corrected chi connectivity index (χ1v) is 10.7. The molecule has 5 nitrogen and oxygen atoms in total. The van der Waals surface area contributed by atoms with Crippen molar-refractivity contribution < 1.29 is 24.2 Å². The van der Waals surface area contributed by atoms with Gasteiger partial charge in [0.15, 0.2) is 0 Å². The average molecular weight is 373 g/mol. The van der Waals surface area contributed by atoms with Gasteiger partial charge in [-0.3, -0.25) is 4.79 Å². The third-order valence-corrected chi connectivity index (χ3v) is 4.56. The summed E-state index contributed by atoms with van der Waals surface area (Å²) in [6, 6.07) is 0. The molecule has 0 aliphatic carbocycles. The smallest absolute Gasteiger partial charge is 0.462 e. The summed E-state index contributed by atoms with van der Waals surface area (Å²) in [5.74, 6) is -0.270. The van der Waals surface area contributed by atoms with E-state index >= 15 is 0 Å². The molecule has 0 saturated carbocycles. The fourth-order valence-electron chi connectivity index (χ4n) is 3.00. The molecular formula is C21H40O5. The zero-order valence-corrected chi connectivity index (χ0v) is 16.8. The van der Waals surface area contributed by atoms with Crippen molar-refractivity contribution in [2.75, 3.05) is 13.2 Å². The predicted molar refractivity (Wildman–Crippen MR) is 104 cm³/mol. The molecule has 0 amide bonds. The number of carbonyl (C=O) groups is 2. The molecule has 0 unspecified atom stereocenters. The Morgan fingerprint density at radius 1 is 0.615 bits per heavy atom. The van der Waals surface area contributed by atoms with E-state index in [0.717, 1.165) is 12.8 Å². The van der Waals surface area contributed by atoms with Gasteiger partial charge in [0.05, 0.1) is 0 Å². The molecule has 0 atom stereocenters. The van der Waals surface area contributed by atoms with Gasteiger partial charge in [-0.2, -0.15) is 0 Å². The zero-order valence-electron chi connectivity index (χ0n) is 16.8. The molecule has 0 aliphatic heterocycles. The highest BCUT2D eigenvalue weighted by atomic mass is 16.7. The molecule has 0 fully saturated rings. The van der Waals surface area contributed by atoms with Crippen molar-refractivity contribution in [3.8, 4) is 0 Å². The Morgan fingerprint density at radius 2 is 1.00 bits per heavy atom. The third-order valence-electron chi connectivity index (χ3n) is 4.56. The summed E-state index contributed by atoms with van der Waals surface area (Å²) in [7, 11) is 0. The van der Waals surface area contributed by atoms with E-state index in [9.17, 15) is 9.59 Å². The average Bonchev–Trinajstić information content (AvgIpc) is 2.62. The molecule has 0 aromatic heterocycles. The minimum Gasteiger partial charge on any atom is -0.462 e. The number of esters is 1. The highest BCUT2D eigenvalue weighted by Crippen LogP contribution is 2.13. The van der Waals surface area contributed by atoms with Crippen LogP contribution in [0.15, 0.2) is 0 Å². The molecule has 0 aromatic carbocycles. The van der Waals surface area contributed by atoms with E-state index in [2.05, 4.69) is 11.7 Å². The Morgan fingerprint density at radius 3 is 1.42 bits per heavy atom. The standard InChI is InChI=1S/C21H40O5/c1-2-3-4-5-6-7-8-9-10-11-12-13-14-15-16-17-20(22)25-18-19-26-21(23)24/h2-19H2,1H3,(H,23,24). The SMILES string of the molecule is CCCCCCCCCCCCCCCCCC(=O)OCCOC(=O)O. The largest absolute Gasteiger partial charge is 0.505 e. The van der Waals surface area contributed by atoms with Crippen LogP contribution in [0.2, 0.25) is 0 Å². The lowest BCUT2D eigenvalue weighted by atomic mass is 10.0. The van der Waals surface area contributed by atoms with Gasteiger partial charge in [0.25, 0.3) is 0 Å². The summed E-state index contributed by atoms with van der Waals surface area (Å²) in [6.07, 6.45) is 18.5. The molecule has 0 bridgehead atoms. The van der Waals surface area contributed by atoms with Gasteiger partial charge < -0.3 is 14.6 Å². The number of rotatable bonds is 19. The van der Waals surface area contributed by atoms with E-state index in [1.165, 1.54) is 83.5 Å². The van der Waals surface area contributed by atoms with Crippen LogP contribution in [0.5, 0.6) is 0 Å². The summed E-state index contributed by atoms with van der Waals surface area (Å²) in [6.45, 7) is 2.17. The number of carbonyl (C=O) groups excluding carboxylic acids is 1. The Balaban J connectivity index is 3.12. The summed E-state index contributed by atoms with van der Waals surface area (Å²) in [5.41, 5.74) is 0. The lowest BCUT2D eigenvalue weighted by Gasteiger charge is -2.05. The number of carboxylic acid groups (broad SMARTS) is 1. The van der Waals surface area contributed by atoms with Crippen LogP contribution in [0.25, 0.3) is 0 Å². The van der Waals surface area contributed by atoms with Crippen LogP contribution in [0.1, 0.15) is 110 Å².